The number of aromatic nitrogens is 4. The van der Waals surface area contributed by atoms with Crippen molar-refractivity contribution in [3.8, 4) is 17.3 Å². The molecule has 4 aromatic rings. The molecule has 1 aliphatic rings. The smallest absolute Gasteiger partial charge is 0.408 e. The van der Waals surface area contributed by atoms with Crippen LogP contribution < -0.4 is 10.5 Å². The Balaban J connectivity index is 1.53. The Labute approximate surface area is 216 Å². The van der Waals surface area contributed by atoms with Gasteiger partial charge >= 0.3 is 6.18 Å². The number of halogens is 4. The molecule has 0 spiro atoms. The molecule has 1 fully saturated rings. The third-order valence-corrected chi connectivity index (χ3v) is 6.80. The predicted molar refractivity (Wildman–Crippen MR) is 133 cm³/mol. The maximum atomic E-state index is 14.5. The summed E-state index contributed by atoms with van der Waals surface area (Å²) < 4.78 is 69.5. The van der Waals surface area contributed by atoms with Gasteiger partial charge < -0.3 is 15.2 Å². The molecule has 12 heteroatoms. The minimum atomic E-state index is -4.51. The van der Waals surface area contributed by atoms with Gasteiger partial charge in [-0.15, -0.1) is 10.2 Å². The van der Waals surface area contributed by atoms with Crippen molar-refractivity contribution in [3.63, 3.8) is 0 Å². The number of hydrogen-bond acceptors (Lipinski definition) is 7. The van der Waals surface area contributed by atoms with Crippen LogP contribution in [0.3, 0.4) is 0 Å². The molecular formula is C26H28F4N6O2. The van der Waals surface area contributed by atoms with Gasteiger partial charge in [-0.1, -0.05) is 12.1 Å². The fourth-order valence-corrected chi connectivity index (χ4v) is 4.73. The Morgan fingerprint density at radius 3 is 2.63 bits per heavy atom. The fourth-order valence-electron chi connectivity index (χ4n) is 4.73. The Morgan fingerprint density at radius 1 is 1.16 bits per heavy atom. The molecule has 38 heavy (non-hydrogen) atoms. The quantitative estimate of drug-likeness (QED) is 0.350. The zero-order chi connectivity index (χ0) is 27.2. The van der Waals surface area contributed by atoms with Gasteiger partial charge in [-0.25, -0.2) is 9.37 Å². The third kappa shape index (κ3) is 5.16. The Bertz CT molecular complexity index is 1470. The van der Waals surface area contributed by atoms with E-state index in [4.69, 9.17) is 15.2 Å². The van der Waals surface area contributed by atoms with Crippen LogP contribution in [0.5, 0.6) is 5.75 Å². The van der Waals surface area contributed by atoms with Gasteiger partial charge in [0, 0.05) is 43.4 Å². The van der Waals surface area contributed by atoms with Crippen molar-refractivity contribution in [3.05, 3.63) is 54.0 Å². The van der Waals surface area contributed by atoms with Crippen molar-refractivity contribution in [2.45, 2.75) is 44.1 Å². The van der Waals surface area contributed by atoms with Gasteiger partial charge in [0.15, 0.2) is 23.0 Å². The first-order valence-corrected chi connectivity index (χ1v) is 12.2. The summed E-state index contributed by atoms with van der Waals surface area (Å²) in [6, 6.07) is 7.17. The molecule has 3 atom stereocenters. The van der Waals surface area contributed by atoms with Crippen molar-refractivity contribution in [2.75, 3.05) is 26.8 Å². The maximum absolute atomic E-state index is 14.5. The molecule has 0 bridgehead atoms. The molecule has 2 N–H and O–H groups in total. The summed E-state index contributed by atoms with van der Waals surface area (Å²) in [6.45, 7) is 4.06. The van der Waals surface area contributed by atoms with E-state index in [0.29, 0.717) is 28.7 Å². The second kappa shape index (κ2) is 9.75. The van der Waals surface area contributed by atoms with Crippen molar-refractivity contribution in [1.82, 2.24) is 24.5 Å². The van der Waals surface area contributed by atoms with Gasteiger partial charge in [-0.2, -0.15) is 13.2 Å². The molecule has 3 aromatic heterocycles. The summed E-state index contributed by atoms with van der Waals surface area (Å²) in [5, 5.41) is 8.82. The highest BCUT2D eigenvalue weighted by molar-refractivity contribution is 5.82. The van der Waals surface area contributed by atoms with Crippen molar-refractivity contribution < 1.29 is 27.0 Å². The van der Waals surface area contributed by atoms with E-state index in [1.807, 2.05) is 0 Å². The van der Waals surface area contributed by atoms with Crippen LogP contribution in [0.1, 0.15) is 31.9 Å². The predicted octanol–water partition coefficient (Wildman–Crippen LogP) is 4.52. The molecule has 0 aliphatic carbocycles. The third-order valence-electron chi connectivity index (χ3n) is 6.80. The lowest BCUT2D eigenvalue weighted by atomic mass is 10.0. The number of benzene rings is 1. The minimum absolute atomic E-state index is 0.0185. The van der Waals surface area contributed by atoms with Crippen molar-refractivity contribution in [2.24, 2.45) is 5.73 Å². The second-order valence-electron chi connectivity index (χ2n) is 10.1. The van der Waals surface area contributed by atoms with E-state index in [9.17, 15) is 17.6 Å². The lowest BCUT2D eigenvalue weighted by molar-refractivity contribution is -0.184. The number of ether oxygens (including phenoxy) is 2. The van der Waals surface area contributed by atoms with Crippen LogP contribution in [0, 0.1) is 5.82 Å². The number of methoxy groups -OCH3 is 1. The lowest BCUT2D eigenvalue weighted by Crippen LogP contribution is -2.43. The number of nitrogens with two attached hydrogens (primary N) is 1. The molecule has 0 saturated carbocycles. The Morgan fingerprint density at radius 2 is 1.95 bits per heavy atom. The van der Waals surface area contributed by atoms with Gasteiger partial charge in [-0.3, -0.25) is 9.30 Å². The van der Waals surface area contributed by atoms with Crippen molar-refractivity contribution in [1.29, 1.82) is 0 Å². The zero-order valence-electron chi connectivity index (χ0n) is 21.2. The first-order chi connectivity index (χ1) is 17.9. The SMILES string of the molecule is COC(C)COc1cc2nc(-c3nnc4ccc([C@H](N5CCC(C)(N)C5)C(F)(F)F)cn34)ccc2cc1F. The first-order valence-electron chi connectivity index (χ1n) is 12.2. The van der Waals surface area contributed by atoms with Gasteiger partial charge in [-0.05, 0) is 44.0 Å². The van der Waals surface area contributed by atoms with Crippen LogP contribution >= 0.6 is 0 Å². The van der Waals surface area contributed by atoms with Gasteiger partial charge in [0.05, 0.1) is 11.6 Å². The normalized spacial score (nSPS) is 20.3. The topological polar surface area (TPSA) is 90.8 Å². The number of fused-ring (bicyclic) bond motifs is 2. The number of pyridine rings is 2. The van der Waals surface area contributed by atoms with E-state index in [1.165, 1.54) is 46.9 Å². The first kappa shape index (κ1) is 26.3. The summed E-state index contributed by atoms with van der Waals surface area (Å²) >= 11 is 0. The van der Waals surface area contributed by atoms with E-state index in [1.54, 1.807) is 26.0 Å². The highest BCUT2D eigenvalue weighted by atomic mass is 19.4. The average molecular weight is 533 g/mol. The number of nitrogens with zero attached hydrogens (tertiary/aromatic N) is 5. The summed E-state index contributed by atoms with van der Waals surface area (Å²) in [6.07, 6.45) is -2.88. The zero-order valence-corrected chi connectivity index (χ0v) is 21.2. The summed E-state index contributed by atoms with van der Waals surface area (Å²) in [5.74, 6) is -0.263. The van der Waals surface area contributed by atoms with Crippen LogP contribution in [0.4, 0.5) is 17.6 Å². The van der Waals surface area contributed by atoms with E-state index >= 15 is 0 Å². The number of alkyl halides is 3. The van der Waals surface area contributed by atoms with Gasteiger partial charge in [0.2, 0.25) is 0 Å². The fraction of sp³-hybridized carbons (Fsp3) is 0.423. The van der Waals surface area contributed by atoms with E-state index in [0.717, 1.165) is 0 Å². The van der Waals surface area contributed by atoms with Crippen LogP contribution in [-0.4, -0.2) is 69.1 Å². The molecule has 8 nitrogen and oxygen atoms in total. The Hall–Kier alpha value is -3.35. The monoisotopic (exact) mass is 532 g/mol. The van der Waals surface area contributed by atoms with Crippen LogP contribution in [0.15, 0.2) is 42.6 Å². The van der Waals surface area contributed by atoms with Crippen LogP contribution in [0.2, 0.25) is 0 Å². The molecule has 1 aromatic carbocycles. The molecule has 4 heterocycles. The highest BCUT2D eigenvalue weighted by Crippen LogP contribution is 2.41. The van der Waals surface area contributed by atoms with Crippen LogP contribution in [-0.2, 0) is 4.74 Å². The number of rotatable bonds is 7. The van der Waals surface area contributed by atoms with Crippen LogP contribution in [0.25, 0.3) is 28.1 Å². The molecule has 5 rings (SSSR count). The molecule has 1 aliphatic heterocycles. The lowest BCUT2D eigenvalue weighted by Gasteiger charge is -2.31. The van der Waals surface area contributed by atoms with Crippen molar-refractivity contribution >= 4 is 16.6 Å². The highest BCUT2D eigenvalue weighted by Gasteiger charge is 2.48. The maximum Gasteiger partial charge on any atom is 0.408 e. The number of hydrogen-bond donors (Lipinski definition) is 1. The van der Waals surface area contributed by atoms with E-state index < -0.39 is 23.6 Å². The average Bonchev–Trinajstić information content (AvgIpc) is 3.43. The van der Waals surface area contributed by atoms with E-state index in [-0.39, 0.29) is 42.9 Å². The molecule has 202 valence electrons. The van der Waals surface area contributed by atoms with Gasteiger partial charge in [0.25, 0.3) is 0 Å². The molecule has 2 unspecified atom stereocenters. The summed E-state index contributed by atoms with van der Waals surface area (Å²) in [7, 11) is 1.53. The number of likely N-dealkylation sites (tertiary alicyclic amines) is 1. The minimum Gasteiger partial charge on any atom is -0.488 e. The summed E-state index contributed by atoms with van der Waals surface area (Å²) in [4.78, 5) is 5.95. The largest absolute Gasteiger partial charge is 0.488 e. The molecule has 1 saturated heterocycles. The molecular weight excluding hydrogens is 504 g/mol. The molecule has 0 radical (unpaired) electrons. The van der Waals surface area contributed by atoms with Gasteiger partial charge in [0.1, 0.15) is 18.3 Å². The standard InChI is InChI=1S/C26H28F4N6O2/c1-15(37-3)13-38-21-11-20-16(10-18(21)27)4-6-19(32-20)24-34-33-22-7-5-17(12-36(22)24)23(26(28,29)30)35-9-8-25(2,31)14-35/h4-7,10-12,15,23H,8-9,13-14,31H2,1-3H3/t15?,23-,25?/m0/s1. The Kier molecular flexibility index (Phi) is 6.74. The summed E-state index contributed by atoms with van der Waals surface area (Å²) in [5.41, 5.74) is 6.66. The van der Waals surface area contributed by atoms with E-state index in [2.05, 4.69) is 15.2 Å². The second-order valence-corrected chi connectivity index (χ2v) is 10.1. The molecule has 0 amide bonds.